The van der Waals surface area contributed by atoms with Crippen molar-refractivity contribution in [2.75, 3.05) is 0 Å². The van der Waals surface area contributed by atoms with Crippen LogP contribution in [0.1, 0.15) is 17.3 Å². The molecule has 0 saturated heterocycles. The second-order valence-corrected chi connectivity index (χ2v) is 3.52. The van der Waals surface area contributed by atoms with Crippen LogP contribution in [0.5, 0.6) is 0 Å². The molecule has 0 fully saturated rings. The monoisotopic (exact) mass is 206 g/mol. The Morgan fingerprint density at radius 3 is 2.93 bits per heavy atom. The van der Waals surface area contributed by atoms with E-state index in [1.54, 1.807) is 0 Å². The molecule has 1 N–H and O–H groups in total. The third-order valence-corrected chi connectivity index (χ3v) is 2.07. The van der Waals surface area contributed by atoms with Crippen molar-refractivity contribution in [2.45, 2.75) is 20.0 Å². The lowest BCUT2D eigenvalue weighted by molar-refractivity contribution is 0.364. The van der Waals surface area contributed by atoms with Crippen LogP contribution in [0.3, 0.4) is 0 Å². The van der Waals surface area contributed by atoms with E-state index in [1.807, 2.05) is 24.7 Å². The summed E-state index contributed by atoms with van der Waals surface area (Å²) in [6.07, 6.45) is 4.10. The molecule has 80 valence electrons. The van der Waals surface area contributed by atoms with E-state index in [0.29, 0.717) is 18.3 Å². The highest BCUT2D eigenvalue weighted by Gasteiger charge is 2.01. The molecule has 0 radical (unpaired) electrons. The molecule has 0 aliphatic heterocycles. The molecular formula is C10H14N4O. The Balaban J connectivity index is 1.80. The van der Waals surface area contributed by atoms with Crippen LogP contribution in [0.25, 0.3) is 0 Å². The van der Waals surface area contributed by atoms with Crippen LogP contribution in [0.2, 0.25) is 0 Å². The normalized spacial score (nSPS) is 10.8. The summed E-state index contributed by atoms with van der Waals surface area (Å²) >= 11 is 0. The maximum atomic E-state index is 4.98. The van der Waals surface area contributed by atoms with Crippen molar-refractivity contribution < 1.29 is 4.52 Å². The summed E-state index contributed by atoms with van der Waals surface area (Å²) in [7, 11) is 2.00. The largest absolute Gasteiger partial charge is 0.357 e. The van der Waals surface area contributed by atoms with E-state index < -0.39 is 0 Å². The lowest BCUT2D eigenvalue weighted by atomic mass is 10.3. The molecule has 0 aliphatic carbocycles. The first-order chi connectivity index (χ1) is 7.24. The molecule has 0 amide bonds. The predicted octanol–water partition coefficient (Wildman–Crippen LogP) is 1.01. The van der Waals surface area contributed by atoms with Gasteiger partial charge in [0.2, 0.25) is 5.89 Å². The van der Waals surface area contributed by atoms with E-state index in [1.165, 1.54) is 5.56 Å². The van der Waals surface area contributed by atoms with E-state index >= 15 is 0 Å². The van der Waals surface area contributed by atoms with Gasteiger partial charge < -0.3 is 14.4 Å². The molecule has 0 atom stereocenters. The smallest absolute Gasteiger partial charge is 0.240 e. The molecule has 2 aromatic heterocycles. The fourth-order valence-corrected chi connectivity index (χ4v) is 1.39. The van der Waals surface area contributed by atoms with Crippen molar-refractivity contribution in [3.8, 4) is 0 Å². The van der Waals surface area contributed by atoms with Gasteiger partial charge in [0.15, 0.2) is 5.82 Å². The lowest BCUT2D eigenvalue weighted by Gasteiger charge is -1.98. The van der Waals surface area contributed by atoms with Crippen molar-refractivity contribution >= 4 is 0 Å². The Labute approximate surface area is 88.1 Å². The molecule has 0 saturated carbocycles. The average molecular weight is 206 g/mol. The maximum absolute atomic E-state index is 4.98. The number of nitrogens with one attached hydrogen (secondary N) is 1. The number of aromatic nitrogens is 3. The maximum Gasteiger partial charge on any atom is 0.240 e. The fourth-order valence-electron chi connectivity index (χ4n) is 1.39. The SMILES string of the molecule is Cc1noc(CNCc2ccn(C)c2)n1. The summed E-state index contributed by atoms with van der Waals surface area (Å²) in [6.45, 7) is 3.22. The zero-order chi connectivity index (χ0) is 10.7. The molecule has 5 nitrogen and oxygen atoms in total. The molecule has 0 spiro atoms. The lowest BCUT2D eigenvalue weighted by Crippen LogP contribution is -2.12. The summed E-state index contributed by atoms with van der Waals surface area (Å²) in [6, 6.07) is 2.08. The van der Waals surface area contributed by atoms with Gasteiger partial charge in [0.1, 0.15) is 0 Å². The molecular weight excluding hydrogens is 192 g/mol. The molecule has 5 heteroatoms. The number of hydrogen-bond acceptors (Lipinski definition) is 4. The van der Waals surface area contributed by atoms with Gasteiger partial charge in [0.05, 0.1) is 6.54 Å². The molecule has 0 aliphatic rings. The number of hydrogen-bond donors (Lipinski definition) is 1. The Hall–Kier alpha value is -1.62. The first-order valence-corrected chi connectivity index (χ1v) is 4.85. The summed E-state index contributed by atoms with van der Waals surface area (Å²) in [5.74, 6) is 1.30. The minimum atomic E-state index is 0.607. The van der Waals surface area contributed by atoms with E-state index in [2.05, 4.69) is 27.7 Å². The van der Waals surface area contributed by atoms with Crippen LogP contribution in [0.15, 0.2) is 23.0 Å². The van der Waals surface area contributed by atoms with Crippen molar-refractivity contribution in [3.05, 3.63) is 35.7 Å². The summed E-state index contributed by atoms with van der Waals surface area (Å²) in [5.41, 5.74) is 1.24. The fraction of sp³-hybridized carbons (Fsp3) is 0.400. The highest BCUT2D eigenvalue weighted by atomic mass is 16.5. The van der Waals surface area contributed by atoms with Gasteiger partial charge in [-0.25, -0.2) is 0 Å². The first-order valence-electron chi connectivity index (χ1n) is 4.85. The predicted molar refractivity (Wildman–Crippen MR) is 55.0 cm³/mol. The van der Waals surface area contributed by atoms with Gasteiger partial charge in [0, 0.05) is 26.0 Å². The first kappa shape index (κ1) is 9.92. The second kappa shape index (κ2) is 4.27. The van der Waals surface area contributed by atoms with Crippen LogP contribution < -0.4 is 5.32 Å². The highest BCUT2D eigenvalue weighted by molar-refractivity contribution is 5.09. The van der Waals surface area contributed by atoms with Gasteiger partial charge >= 0.3 is 0 Å². The molecule has 2 heterocycles. The third kappa shape index (κ3) is 2.66. The highest BCUT2D eigenvalue weighted by Crippen LogP contribution is 2.00. The standard InChI is InChI=1S/C10H14N4O/c1-8-12-10(15-13-8)6-11-5-9-3-4-14(2)7-9/h3-4,7,11H,5-6H2,1-2H3. The molecule has 2 rings (SSSR count). The van der Waals surface area contributed by atoms with Crippen LogP contribution >= 0.6 is 0 Å². The number of nitrogens with zero attached hydrogens (tertiary/aromatic N) is 3. The Morgan fingerprint density at radius 2 is 2.33 bits per heavy atom. The molecule has 15 heavy (non-hydrogen) atoms. The second-order valence-electron chi connectivity index (χ2n) is 3.52. The number of rotatable bonds is 4. The Morgan fingerprint density at radius 1 is 1.47 bits per heavy atom. The van der Waals surface area contributed by atoms with Crippen molar-refractivity contribution in [2.24, 2.45) is 7.05 Å². The van der Waals surface area contributed by atoms with Crippen molar-refractivity contribution in [3.63, 3.8) is 0 Å². The van der Waals surface area contributed by atoms with Crippen LogP contribution in [-0.4, -0.2) is 14.7 Å². The van der Waals surface area contributed by atoms with E-state index in [4.69, 9.17) is 4.52 Å². The molecule has 0 unspecified atom stereocenters. The van der Waals surface area contributed by atoms with Crippen molar-refractivity contribution in [1.29, 1.82) is 0 Å². The molecule has 0 bridgehead atoms. The van der Waals surface area contributed by atoms with E-state index in [9.17, 15) is 0 Å². The van der Waals surface area contributed by atoms with Gasteiger partial charge in [-0.15, -0.1) is 0 Å². The minimum absolute atomic E-state index is 0.607. The van der Waals surface area contributed by atoms with Crippen LogP contribution in [0.4, 0.5) is 0 Å². The molecule has 0 aromatic carbocycles. The Kier molecular flexibility index (Phi) is 2.82. The molecule has 2 aromatic rings. The Bertz CT molecular complexity index is 392. The van der Waals surface area contributed by atoms with Gasteiger partial charge in [-0.05, 0) is 18.6 Å². The van der Waals surface area contributed by atoms with Crippen LogP contribution in [0, 0.1) is 6.92 Å². The van der Waals surface area contributed by atoms with Gasteiger partial charge in [-0.2, -0.15) is 4.98 Å². The van der Waals surface area contributed by atoms with Gasteiger partial charge in [-0.1, -0.05) is 5.16 Å². The van der Waals surface area contributed by atoms with Crippen molar-refractivity contribution in [1.82, 2.24) is 20.0 Å². The zero-order valence-corrected chi connectivity index (χ0v) is 8.90. The topological polar surface area (TPSA) is 55.9 Å². The quantitative estimate of drug-likeness (QED) is 0.811. The van der Waals surface area contributed by atoms with Gasteiger partial charge in [0.25, 0.3) is 0 Å². The number of aryl methyl sites for hydroxylation is 2. The summed E-state index contributed by atoms with van der Waals surface area (Å²) < 4.78 is 7.00. The summed E-state index contributed by atoms with van der Waals surface area (Å²) in [4.78, 5) is 4.10. The van der Waals surface area contributed by atoms with Crippen LogP contribution in [-0.2, 0) is 20.1 Å². The zero-order valence-electron chi connectivity index (χ0n) is 8.90. The van der Waals surface area contributed by atoms with E-state index in [-0.39, 0.29) is 0 Å². The average Bonchev–Trinajstić information content (AvgIpc) is 2.76. The van der Waals surface area contributed by atoms with E-state index in [0.717, 1.165) is 6.54 Å². The third-order valence-electron chi connectivity index (χ3n) is 2.07. The summed E-state index contributed by atoms with van der Waals surface area (Å²) in [5, 5.41) is 6.95. The minimum Gasteiger partial charge on any atom is -0.357 e. The van der Waals surface area contributed by atoms with Gasteiger partial charge in [-0.3, -0.25) is 0 Å².